The summed E-state index contributed by atoms with van der Waals surface area (Å²) in [4.78, 5) is 25.5. The second kappa shape index (κ2) is 5.88. The standard InChI is InChI=1S/C17H22N2O2/c1-2-16(20)12-3-6-14(7-4-12)19-10-9-15-13(11-19)5-8-17(21)18-15/h3-4,6-7,13,15H,2,5,8-11H2,1H3,(H,18,21). The summed E-state index contributed by atoms with van der Waals surface area (Å²) in [6, 6.07) is 8.30. The molecule has 2 atom stereocenters. The molecule has 1 aromatic carbocycles. The van der Waals surface area contributed by atoms with Gasteiger partial charge in [-0.3, -0.25) is 9.59 Å². The lowest BCUT2D eigenvalue weighted by molar-refractivity contribution is -0.124. The molecule has 2 aliphatic heterocycles. The van der Waals surface area contributed by atoms with Crippen LogP contribution in [0.3, 0.4) is 0 Å². The second-order valence-corrected chi connectivity index (χ2v) is 6.03. The van der Waals surface area contributed by atoms with Gasteiger partial charge in [0.1, 0.15) is 0 Å². The largest absolute Gasteiger partial charge is 0.371 e. The lowest BCUT2D eigenvalue weighted by Gasteiger charge is -2.42. The number of nitrogens with zero attached hydrogens (tertiary/aromatic N) is 1. The molecule has 2 heterocycles. The number of rotatable bonds is 3. The third-order valence-electron chi connectivity index (χ3n) is 4.70. The Labute approximate surface area is 125 Å². The summed E-state index contributed by atoms with van der Waals surface area (Å²) in [5.41, 5.74) is 1.97. The minimum Gasteiger partial charge on any atom is -0.371 e. The Hall–Kier alpha value is -1.84. The van der Waals surface area contributed by atoms with Crippen LogP contribution < -0.4 is 10.2 Å². The number of fused-ring (bicyclic) bond motifs is 1. The molecule has 0 radical (unpaired) electrons. The van der Waals surface area contributed by atoms with Gasteiger partial charge >= 0.3 is 0 Å². The van der Waals surface area contributed by atoms with Gasteiger partial charge in [0.05, 0.1) is 0 Å². The minimum absolute atomic E-state index is 0.190. The normalized spacial score (nSPS) is 25.2. The van der Waals surface area contributed by atoms with Gasteiger partial charge in [0.2, 0.25) is 5.91 Å². The third kappa shape index (κ3) is 2.94. The number of carbonyl (C=O) groups excluding carboxylic acids is 2. The summed E-state index contributed by atoms with van der Waals surface area (Å²) in [6.07, 6.45) is 3.19. The van der Waals surface area contributed by atoms with Gasteiger partial charge in [-0.2, -0.15) is 0 Å². The first-order valence-electron chi connectivity index (χ1n) is 7.85. The topological polar surface area (TPSA) is 49.4 Å². The van der Waals surface area contributed by atoms with Crippen LogP contribution in [-0.2, 0) is 4.79 Å². The van der Waals surface area contributed by atoms with E-state index < -0.39 is 0 Å². The molecule has 0 bridgehead atoms. The minimum atomic E-state index is 0.190. The molecule has 0 aliphatic carbocycles. The first-order valence-corrected chi connectivity index (χ1v) is 7.85. The molecule has 4 nitrogen and oxygen atoms in total. The van der Waals surface area contributed by atoms with Crippen LogP contribution in [0.25, 0.3) is 0 Å². The fourth-order valence-electron chi connectivity index (χ4n) is 3.41. The fourth-order valence-corrected chi connectivity index (χ4v) is 3.41. The summed E-state index contributed by atoms with van der Waals surface area (Å²) in [6.45, 7) is 3.84. The van der Waals surface area contributed by atoms with Gasteiger partial charge < -0.3 is 10.2 Å². The van der Waals surface area contributed by atoms with E-state index in [0.717, 1.165) is 31.5 Å². The average molecular weight is 286 g/mol. The zero-order chi connectivity index (χ0) is 14.8. The fraction of sp³-hybridized carbons (Fsp3) is 0.529. The number of piperidine rings is 2. The maximum Gasteiger partial charge on any atom is 0.220 e. The molecule has 1 amide bonds. The number of amides is 1. The molecular weight excluding hydrogens is 264 g/mol. The number of nitrogens with one attached hydrogen (secondary N) is 1. The van der Waals surface area contributed by atoms with Crippen molar-refractivity contribution < 1.29 is 9.59 Å². The Balaban J connectivity index is 1.68. The SMILES string of the molecule is CCC(=O)c1ccc(N2CCC3NC(=O)CCC3C2)cc1. The van der Waals surface area contributed by atoms with Crippen molar-refractivity contribution in [2.45, 2.75) is 38.6 Å². The van der Waals surface area contributed by atoms with Crippen LogP contribution in [0, 0.1) is 5.92 Å². The van der Waals surface area contributed by atoms with E-state index in [0.29, 0.717) is 24.8 Å². The van der Waals surface area contributed by atoms with Crippen LogP contribution in [0.5, 0.6) is 0 Å². The first kappa shape index (κ1) is 14.1. The Morgan fingerprint density at radius 3 is 2.76 bits per heavy atom. The Bertz CT molecular complexity index is 538. The summed E-state index contributed by atoms with van der Waals surface area (Å²) in [5.74, 6) is 0.941. The highest BCUT2D eigenvalue weighted by Crippen LogP contribution is 2.28. The van der Waals surface area contributed by atoms with Crippen LogP contribution in [0.2, 0.25) is 0 Å². The van der Waals surface area contributed by atoms with Crippen molar-refractivity contribution in [1.29, 1.82) is 0 Å². The number of hydrogen-bond donors (Lipinski definition) is 1. The third-order valence-corrected chi connectivity index (χ3v) is 4.70. The Morgan fingerprint density at radius 1 is 1.29 bits per heavy atom. The van der Waals surface area contributed by atoms with Crippen LogP contribution in [-0.4, -0.2) is 30.8 Å². The number of anilines is 1. The lowest BCUT2D eigenvalue weighted by atomic mass is 9.85. The van der Waals surface area contributed by atoms with Crippen molar-refractivity contribution in [3.05, 3.63) is 29.8 Å². The van der Waals surface area contributed by atoms with Gasteiger partial charge in [0.25, 0.3) is 0 Å². The second-order valence-electron chi connectivity index (χ2n) is 6.03. The van der Waals surface area contributed by atoms with Gasteiger partial charge in [0.15, 0.2) is 5.78 Å². The highest BCUT2D eigenvalue weighted by atomic mass is 16.1. The monoisotopic (exact) mass is 286 g/mol. The van der Waals surface area contributed by atoms with Crippen LogP contribution >= 0.6 is 0 Å². The van der Waals surface area contributed by atoms with E-state index in [1.54, 1.807) is 0 Å². The van der Waals surface area contributed by atoms with E-state index in [-0.39, 0.29) is 11.7 Å². The molecule has 1 N–H and O–H groups in total. The van der Waals surface area contributed by atoms with Crippen molar-refractivity contribution in [2.75, 3.05) is 18.0 Å². The molecule has 2 fully saturated rings. The van der Waals surface area contributed by atoms with Crippen molar-refractivity contribution in [3.63, 3.8) is 0 Å². The number of hydrogen-bond acceptors (Lipinski definition) is 3. The predicted octanol–water partition coefficient (Wildman–Crippen LogP) is 2.38. The Morgan fingerprint density at radius 2 is 2.05 bits per heavy atom. The Kier molecular flexibility index (Phi) is 3.95. The molecule has 0 saturated carbocycles. The summed E-state index contributed by atoms with van der Waals surface area (Å²) in [7, 11) is 0. The average Bonchev–Trinajstić information content (AvgIpc) is 2.53. The van der Waals surface area contributed by atoms with Gasteiger partial charge in [-0.1, -0.05) is 6.92 Å². The molecule has 0 aromatic heterocycles. The van der Waals surface area contributed by atoms with E-state index >= 15 is 0 Å². The van der Waals surface area contributed by atoms with E-state index in [1.165, 1.54) is 5.69 Å². The summed E-state index contributed by atoms with van der Waals surface area (Å²) < 4.78 is 0. The number of carbonyl (C=O) groups is 2. The van der Waals surface area contributed by atoms with Gasteiger partial charge in [-0.25, -0.2) is 0 Å². The number of benzene rings is 1. The maximum atomic E-state index is 11.7. The molecule has 1 aromatic rings. The van der Waals surface area contributed by atoms with Crippen molar-refractivity contribution in [2.24, 2.45) is 5.92 Å². The number of ketones is 1. The molecule has 3 rings (SSSR count). The van der Waals surface area contributed by atoms with E-state index in [4.69, 9.17) is 0 Å². The molecule has 4 heteroatoms. The quantitative estimate of drug-likeness (QED) is 0.868. The maximum absolute atomic E-state index is 11.7. The molecule has 2 aliphatic rings. The lowest BCUT2D eigenvalue weighted by Crippen LogP contribution is -2.54. The van der Waals surface area contributed by atoms with Gasteiger partial charge in [0, 0.05) is 43.2 Å². The van der Waals surface area contributed by atoms with E-state index in [9.17, 15) is 9.59 Å². The van der Waals surface area contributed by atoms with E-state index in [2.05, 4.69) is 10.2 Å². The molecule has 112 valence electrons. The van der Waals surface area contributed by atoms with Crippen molar-refractivity contribution >= 4 is 17.4 Å². The van der Waals surface area contributed by atoms with Crippen LogP contribution in [0.4, 0.5) is 5.69 Å². The zero-order valence-electron chi connectivity index (χ0n) is 12.5. The molecule has 2 unspecified atom stereocenters. The predicted molar refractivity (Wildman–Crippen MR) is 82.5 cm³/mol. The highest BCUT2D eigenvalue weighted by molar-refractivity contribution is 5.96. The van der Waals surface area contributed by atoms with Crippen molar-refractivity contribution in [3.8, 4) is 0 Å². The summed E-state index contributed by atoms with van der Waals surface area (Å²) >= 11 is 0. The smallest absolute Gasteiger partial charge is 0.220 e. The van der Waals surface area contributed by atoms with Gasteiger partial charge in [-0.15, -0.1) is 0 Å². The van der Waals surface area contributed by atoms with Crippen LogP contribution in [0.1, 0.15) is 43.0 Å². The molecule has 2 saturated heterocycles. The van der Waals surface area contributed by atoms with Crippen molar-refractivity contribution in [1.82, 2.24) is 5.32 Å². The first-order chi connectivity index (χ1) is 10.2. The molecule has 0 spiro atoms. The summed E-state index contributed by atoms with van der Waals surface area (Å²) in [5, 5.41) is 3.11. The van der Waals surface area contributed by atoms with Gasteiger partial charge in [-0.05, 0) is 43.0 Å². The molecular formula is C17H22N2O2. The molecule has 21 heavy (non-hydrogen) atoms. The zero-order valence-corrected chi connectivity index (χ0v) is 12.5. The highest BCUT2D eigenvalue weighted by Gasteiger charge is 2.33. The number of Topliss-reactive ketones (excluding diaryl/α,β-unsaturated/α-hetero) is 1. The van der Waals surface area contributed by atoms with Crippen LogP contribution in [0.15, 0.2) is 24.3 Å². The van der Waals surface area contributed by atoms with E-state index in [1.807, 2.05) is 31.2 Å².